The highest BCUT2D eigenvalue weighted by Gasteiger charge is 2.35. The summed E-state index contributed by atoms with van der Waals surface area (Å²) in [7, 11) is -2.10. The van der Waals surface area contributed by atoms with Gasteiger partial charge in [-0.15, -0.1) is 0 Å². The second-order valence-electron chi connectivity index (χ2n) is 9.66. The molecule has 2 heterocycles. The fraction of sp³-hybridized carbons (Fsp3) is 0.310. The number of hydrogen-bond donors (Lipinski definition) is 0. The van der Waals surface area contributed by atoms with Gasteiger partial charge in [0.05, 0.1) is 28.8 Å². The van der Waals surface area contributed by atoms with Crippen LogP contribution in [0, 0.1) is 19.8 Å². The molecule has 5 rings (SSSR count). The van der Waals surface area contributed by atoms with Crippen molar-refractivity contribution in [3.8, 4) is 5.75 Å². The van der Waals surface area contributed by atoms with Gasteiger partial charge in [0.15, 0.2) is 5.13 Å². The number of sulfonamides is 1. The Balaban J connectivity index is 1.37. The van der Waals surface area contributed by atoms with Crippen molar-refractivity contribution in [1.29, 1.82) is 0 Å². The van der Waals surface area contributed by atoms with Crippen LogP contribution in [0.5, 0.6) is 5.75 Å². The van der Waals surface area contributed by atoms with Crippen LogP contribution in [0.25, 0.3) is 10.2 Å². The molecule has 0 atom stereocenters. The number of aryl methyl sites for hydroxylation is 2. The van der Waals surface area contributed by atoms with E-state index in [1.54, 1.807) is 36.3 Å². The number of piperidine rings is 1. The SMILES string of the molecule is COc1ccc(S(=O)(=O)N2CCC(C(=O)N(Cc3ccccc3)c3nc4cc(C)c(C)cc4s3)CC2)cc1. The lowest BCUT2D eigenvalue weighted by molar-refractivity contribution is -0.123. The van der Waals surface area contributed by atoms with E-state index in [-0.39, 0.29) is 16.7 Å². The molecule has 1 fully saturated rings. The van der Waals surface area contributed by atoms with Gasteiger partial charge in [0.2, 0.25) is 15.9 Å². The van der Waals surface area contributed by atoms with Crippen LogP contribution >= 0.6 is 11.3 Å². The molecule has 7 nitrogen and oxygen atoms in total. The predicted molar refractivity (Wildman–Crippen MR) is 151 cm³/mol. The van der Waals surface area contributed by atoms with Gasteiger partial charge in [0, 0.05) is 19.0 Å². The monoisotopic (exact) mass is 549 g/mol. The number of fused-ring (bicyclic) bond motifs is 1. The minimum atomic E-state index is -3.64. The summed E-state index contributed by atoms with van der Waals surface area (Å²) in [6.07, 6.45) is 0.922. The highest BCUT2D eigenvalue weighted by molar-refractivity contribution is 7.89. The van der Waals surface area contributed by atoms with Gasteiger partial charge in [-0.05, 0) is 79.8 Å². The highest BCUT2D eigenvalue weighted by Crippen LogP contribution is 2.34. The number of benzene rings is 3. The Bertz CT molecular complexity index is 1500. The zero-order valence-electron chi connectivity index (χ0n) is 21.8. The fourth-order valence-electron chi connectivity index (χ4n) is 4.75. The van der Waals surface area contributed by atoms with Crippen molar-refractivity contribution < 1.29 is 17.9 Å². The smallest absolute Gasteiger partial charge is 0.243 e. The highest BCUT2D eigenvalue weighted by atomic mass is 32.2. The Labute approximate surface area is 227 Å². The number of aromatic nitrogens is 1. The van der Waals surface area contributed by atoms with Gasteiger partial charge in [-0.2, -0.15) is 4.31 Å². The molecule has 198 valence electrons. The number of ether oxygens (including phenoxy) is 1. The molecule has 38 heavy (non-hydrogen) atoms. The lowest BCUT2D eigenvalue weighted by atomic mass is 9.96. The lowest BCUT2D eigenvalue weighted by Crippen LogP contribution is -2.44. The maximum Gasteiger partial charge on any atom is 0.243 e. The summed E-state index contributed by atoms with van der Waals surface area (Å²) < 4.78 is 34.1. The van der Waals surface area contributed by atoms with Crippen molar-refractivity contribution in [2.75, 3.05) is 25.1 Å². The lowest BCUT2D eigenvalue weighted by Gasteiger charge is -2.33. The Morgan fingerprint density at radius 2 is 1.68 bits per heavy atom. The Kier molecular flexibility index (Phi) is 7.52. The van der Waals surface area contributed by atoms with E-state index in [4.69, 9.17) is 9.72 Å². The molecule has 9 heteroatoms. The van der Waals surface area contributed by atoms with Crippen molar-refractivity contribution >= 4 is 42.6 Å². The largest absolute Gasteiger partial charge is 0.497 e. The van der Waals surface area contributed by atoms with E-state index in [1.165, 1.54) is 26.8 Å². The predicted octanol–water partition coefficient (Wildman–Crippen LogP) is 5.56. The van der Waals surface area contributed by atoms with Gasteiger partial charge in [-0.25, -0.2) is 13.4 Å². The molecule has 4 aromatic rings. The first-order valence-corrected chi connectivity index (χ1v) is 14.9. The van der Waals surface area contributed by atoms with E-state index in [1.807, 2.05) is 30.3 Å². The topological polar surface area (TPSA) is 79.8 Å². The average Bonchev–Trinajstić information content (AvgIpc) is 3.34. The summed E-state index contributed by atoms with van der Waals surface area (Å²) in [6.45, 7) is 5.15. The van der Waals surface area contributed by atoms with E-state index in [0.717, 1.165) is 15.8 Å². The number of rotatable bonds is 7. The van der Waals surface area contributed by atoms with E-state index < -0.39 is 10.0 Å². The van der Waals surface area contributed by atoms with Gasteiger partial charge in [0.25, 0.3) is 0 Å². The number of carbonyl (C=O) groups is 1. The second-order valence-corrected chi connectivity index (χ2v) is 12.6. The normalized spacial score (nSPS) is 15.0. The number of nitrogens with zero attached hydrogens (tertiary/aromatic N) is 3. The van der Waals surface area contributed by atoms with Crippen LogP contribution in [0.3, 0.4) is 0 Å². The van der Waals surface area contributed by atoms with Gasteiger partial charge in [-0.3, -0.25) is 9.69 Å². The van der Waals surface area contributed by atoms with Crippen molar-refractivity contribution in [2.45, 2.75) is 38.1 Å². The van der Waals surface area contributed by atoms with Crippen LogP contribution in [0.2, 0.25) is 0 Å². The third-order valence-corrected chi connectivity index (χ3v) is 10.1. The maximum atomic E-state index is 13.9. The Morgan fingerprint density at radius 1 is 1.03 bits per heavy atom. The summed E-state index contributed by atoms with van der Waals surface area (Å²) in [6, 6.07) is 20.5. The van der Waals surface area contributed by atoms with Gasteiger partial charge < -0.3 is 4.74 Å². The molecule has 1 aliphatic heterocycles. The number of methoxy groups -OCH3 is 1. The van der Waals surface area contributed by atoms with Gasteiger partial charge in [0.1, 0.15) is 5.75 Å². The summed E-state index contributed by atoms with van der Waals surface area (Å²) in [5.74, 6) is 0.311. The molecule has 0 spiro atoms. The Morgan fingerprint density at radius 3 is 2.34 bits per heavy atom. The van der Waals surface area contributed by atoms with Crippen molar-refractivity contribution in [3.63, 3.8) is 0 Å². The molecule has 0 saturated carbocycles. The second kappa shape index (κ2) is 10.8. The van der Waals surface area contributed by atoms with Crippen LogP contribution in [-0.4, -0.2) is 43.8 Å². The summed E-state index contributed by atoms with van der Waals surface area (Å²) in [4.78, 5) is 20.8. The van der Waals surface area contributed by atoms with Gasteiger partial charge in [-0.1, -0.05) is 41.7 Å². The molecule has 1 aromatic heterocycles. The summed E-state index contributed by atoms with van der Waals surface area (Å²) in [5, 5.41) is 0.673. The molecule has 1 saturated heterocycles. The average molecular weight is 550 g/mol. The molecule has 0 radical (unpaired) electrons. The van der Waals surface area contributed by atoms with Crippen molar-refractivity contribution in [1.82, 2.24) is 9.29 Å². The fourth-order valence-corrected chi connectivity index (χ4v) is 7.27. The number of hydrogen-bond acceptors (Lipinski definition) is 6. The number of carbonyl (C=O) groups excluding carboxylic acids is 1. The number of anilines is 1. The molecule has 0 bridgehead atoms. The zero-order chi connectivity index (χ0) is 26.9. The molecular formula is C29H31N3O4S2. The van der Waals surface area contributed by atoms with Gasteiger partial charge >= 0.3 is 0 Å². The molecular weight excluding hydrogens is 518 g/mol. The van der Waals surface area contributed by atoms with E-state index in [2.05, 4.69) is 26.0 Å². The van der Waals surface area contributed by atoms with Crippen molar-refractivity contribution in [3.05, 3.63) is 83.4 Å². The van der Waals surface area contributed by atoms with Crippen LogP contribution in [0.15, 0.2) is 71.6 Å². The van der Waals surface area contributed by atoms with E-state index in [0.29, 0.717) is 43.4 Å². The number of thiazole rings is 1. The first-order valence-electron chi connectivity index (χ1n) is 12.6. The minimum Gasteiger partial charge on any atom is -0.497 e. The quantitative estimate of drug-likeness (QED) is 0.302. The summed E-state index contributed by atoms with van der Waals surface area (Å²) >= 11 is 1.52. The zero-order valence-corrected chi connectivity index (χ0v) is 23.4. The minimum absolute atomic E-state index is 0.0113. The Hall–Kier alpha value is -3.27. The van der Waals surface area contributed by atoms with Crippen molar-refractivity contribution in [2.24, 2.45) is 5.92 Å². The third-order valence-electron chi connectivity index (χ3n) is 7.17. The maximum absolute atomic E-state index is 13.9. The van der Waals surface area contributed by atoms with Crippen LogP contribution in [0.4, 0.5) is 5.13 Å². The number of amides is 1. The molecule has 3 aromatic carbocycles. The van der Waals surface area contributed by atoms with E-state index in [9.17, 15) is 13.2 Å². The molecule has 1 amide bonds. The third kappa shape index (κ3) is 5.32. The molecule has 1 aliphatic rings. The van der Waals surface area contributed by atoms with E-state index >= 15 is 0 Å². The standard InChI is InChI=1S/C29H31N3O4S2/c1-20-17-26-27(18-21(20)2)37-29(30-26)32(19-22-7-5-4-6-8-22)28(33)23-13-15-31(16-14-23)38(34,35)25-11-9-24(36-3)10-12-25/h4-12,17-18,23H,13-16,19H2,1-3H3. The first kappa shape index (κ1) is 26.3. The first-order chi connectivity index (χ1) is 18.3. The van der Waals surface area contributed by atoms with Crippen LogP contribution in [0.1, 0.15) is 29.5 Å². The molecule has 0 aliphatic carbocycles. The summed E-state index contributed by atoms with van der Waals surface area (Å²) in [5.41, 5.74) is 4.27. The molecule has 0 unspecified atom stereocenters. The van der Waals surface area contributed by atoms with Crippen LogP contribution < -0.4 is 9.64 Å². The molecule has 0 N–H and O–H groups in total. The van der Waals surface area contributed by atoms with Crippen LogP contribution in [-0.2, 0) is 21.4 Å².